The highest BCUT2D eigenvalue weighted by atomic mass is 32.2. The van der Waals surface area contributed by atoms with Gasteiger partial charge in [-0.25, -0.2) is 0 Å². The number of thioether (sulfide) groups is 1. The molecule has 1 aromatic carbocycles. The number of anilines is 1. The molecule has 2 N–H and O–H groups in total. The second-order valence-corrected chi connectivity index (χ2v) is 8.50. The van der Waals surface area contributed by atoms with Crippen molar-refractivity contribution in [2.24, 2.45) is 11.8 Å². The Hall–Kier alpha value is -1.90. The fourth-order valence-electron chi connectivity index (χ4n) is 4.90. The summed E-state index contributed by atoms with van der Waals surface area (Å²) in [6.45, 7) is 0.808. The van der Waals surface area contributed by atoms with Gasteiger partial charge in [-0.1, -0.05) is 18.2 Å². The van der Waals surface area contributed by atoms with E-state index in [0.29, 0.717) is 25.3 Å². The number of hydrogen-bond donors (Lipinski definition) is 2. The minimum atomic E-state index is -1.17. The third-order valence-corrected chi connectivity index (χ3v) is 6.72. The average Bonchev–Trinajstić information content (AvgIpc) is 3.27. The topological polar surface area (TPSA) is 87.7 Å². The molecule has 2 saturated heterocycles. The first-order valence-corrected chi connectivity index (χ1v) is 11.0. The molecule has 28 heavy (non-hydrogen) atoms. The molecule has 4 rings (SSSR count). The van der Waals surface area contributed by atoms with Crippen molar-refractivity contribution in [3.05, 3.63) is 29.8 Å². The van der Waals surface area contributed by atoms with Crippen LogP contribution in [-0.2, 0) is 24.7 Å². The molecule has 4 atom stereocenters. The molecule has 0 unspecified atom stereocenters. The van der Waals surface area contributed by atoms with E-state index in [1.165, 1.54) is 4.90 Å². The lowest BCUT2D eigenvalue weighted by molar-refractivity contribution is -0.143. The molecule has 3 amide bonds. The largest absolute Gasteiger partial charge is 0.385 e. The fraction of sp³-hybridized carbons (Fsp3) is 0.550. The van der Waals surface area contributed by atoms with Crippen LogP contribution >= 0.6 is 11.8 Å². The number of methoxy groups -OCH3 is 1. The Morgan fingerprint density at radius 2 is 2.00 bits per heavy atom. The van der Waals surface area contributed by atoms with Gasteiger partial charge in [0.1, 0.15) is 5.54 Å². The van der Waals surface area contributed by atoms with Crippen LogP contribution < -0.4 is 10.6 Å². The monoisotopic (exact) mass is 403 g/mol. The molecule has 0 aromatic heterocycles. The van der Waals surface area contributed by atoms with Crippen LogP contribution in [0.4, 0.5) is 5.69 Å². The third kappa shape index (κ3) is 2.69. The van der Waals surface area contributed by atoms with Gasteiger partial charge in [0.05, 0.1) is 11.8 Å². The number of nitrogens with zero attached hydrogens (tertiary/aromatic N) is 1. The molecular formula is C20H25N3O4S. The molecule has 1 aromatic rings. The summed E-state index contributed by atoms with van der Waals surface area (Å²) in [5.74, 6) is -1.03. The smallest absolute Gasteiger partial charge is 0.250 e. The van der Waals surface area contributed by atoms with Gasteiger partial charge in [0.2, 0.25) is 17.7 Å². The maximum Gasteiger partial charge on any atom is 0.250 e. The zero-order chi connectivity index (χ0) is 19.9. The van der Waals surface area contributed by atoms with Crippen LogP contribution in [0.3, 0.4) is 0 Å². The number of nitrogens with one attached hydrogen (secondary N) is 2. The first kappa shape index (κ1) is 19.4. The normalized spacial score (nSPS) is 30.9. The lowest BCUT2D eigenvalue weighted by Crippen LogP contribution is -2.53. The molecule has 7 nitrogen and oxygen atoms in total. The minimum absolute atomic E-state index is 0.168. The van der Waals surface area contributed by atoms with Crippen LogP contribution in [-0.4, -0.2) is 60.9 Å². The minimum Gasteiger partial charge on any atom is -0.385 e. The summed E-state index contributed by atoms with van der Waals surface area (Å²) in [6, 6.07) is 7.22. The fourth-order valence-corrected chi connectivity index (χ4v) is 5.39. The Labute approximate surface area is 168 Å². The first-order chi connectivity index (χ1) is 13.6. The van der Waals surface area contributed by atoms with Gasteiger partial charge >= 0.3 is 0 Å². The first-order valence-electron chi connectivity index (χ1n) is 9.58. The van der Waals surface area contributed by atoms with Gasteiger partial charge in [0.25, 0.3) is 0 Å². The Bertz CT molecular complexity index is 816. The number of para-hydroxylation sites is 1. The molecule has 3 aliphatic rings. The van der Waals surface area contributed by atoms with Crippen molar-refractivity contribution < 1.29 is 19.1 Å². The number of carbonyl (C=O) groups excluding carboxylic acids is 3. The van der Waals surface area contributed by atoms with E-state index < -0.39 is 17.4 Å². The molecule has 3 aliphatic heterocycles. The Balaban J connectivity index is 1.75. The Morgan fingerprint density at radius 1 is 1.21 bits per heavy atom. The quantitative estimate of drug-likeness (QED) is 0.525. The molecule has 1 spiro atoms. The van der Waals surface area contributed by atoms with E-state index in [9.17, 15) is 14.4 Å². The van der Waals surface area contributed by atoms with Gasteiger partial charge < -0.3 is 10.1 Å². The number of likely N-dealkylation sites (tertiary alicyclic amines) is 1. The molecule has 0 radical (unpaired) electrons. The number of ether oxygens (including phenoxy) is 1. The van der Waals surface area contributed by atoms with Gasteiger partial charge in [-0.3, -0.25) is 24.6 Å². The predicted octanol–water partition coefficient (Wildman–Crippen LogP) is 1.20. The molecule has 0 bridgehead atoms. The summed E-state index contributed by atoms with van der Waals surface area (Å²) in [5.41, 5.74) is 0.302. The number of fused-ring (bicyclic) bond motifs is 4. The molecular weight excluding hydrogens is 378 g/mol. The molecule has 0 aliphatic carbocycles. The number of hydrogen-bond acceptors (Lipinski definition) is 6. The standard InChI is InChI=1S/C20H25N3O4S/c1-27-10-5-9-23-17(24)15-14(8-11-28-2)22-20(16(15)18(23)25)12-6-3-4-7-13(12)21-19(20)26/h3-4,6-7,14-16,22H,5,8-11H2,1-2H3,(H,21,26)/t14-,15+,16-,20-/m0/s1. The van der Waals surface area contributed by atoms with Gasteiger partial charge in [0, 0.05) is 37.6 Å². The zero-order valence-electron chi connectivity index (χ0n) is 16.1. The lowest BCUT2D eigenvalue weighted by Gasteiger charge is -2.29. The second-order valence-electron chi connectivity index (χ2n) is 7.52. The van der Waals surface area contributed by atoms with Crippen molar-refractivity contribution >= 4 is 35.2 Å². The number of amides is 3. The summed E-state index contributed by atoms with van der Waals surface area (Å²) in [6.07, 6.45) is 3.33. The van der Waals surface area contributed by atoms with E-state index in [2.05, 4.69) is 10.6 Å². The van der Waals surface area contributed by atoms with Crippen molar-refractivity contribution in [3.63, 3.8) is 0 Å². The van der Waals surface area contributed by atoms with Crippen LogP contribution in [0.1, 0.15) is 18.4 Å². The SMILES string of the molecule is COCCCN1C(=O)[C@@H]2[C@H](CCSC)N[C@]3(C(=O)Nc4ccccc43)[C@@H]2C1=O. The number of carbonyl (C=O) groups is 3. The summed E-state index contributed by atoms with van der Waals surface area (Å²) >= 11 is 1.69. The van der Waals surface area contributed by atoms with Gasteiger partial charge in [0.15, 0.2) is 0 Å². The molecule has 8 heteroatoms. The average molecular weight is 404 g/mol. The van der Waals surface area contributed by atoms with E-state index in [4.69, 9.17) is 4.74 Å². The Kier molecular flexibility index (Phi) is 5.20. The lowest BCUT2D eigenvalue weighted by atomic mass is 9.76. The van der Waals surface area contributed by atoms with E-state index in [-0.39, 0.29) is 23.8 Å². The van der Waals surface area contributed by atoms with Crippen molar-refractivity contribution in [2.75, 3.05) is 37.6 Å². The predicted molar refractivity (Wildman–Crippen MR) is 107 cm³/mol. The van der Waals surface area contributed by atoms with Crippen molar-refractivity contribution in [2.45, 2.75) is 24.4 Å². The van der Waals surface area contributed by atoms with Crippen LogP contribution in [0, 0.1) is 11.8 Å². The second kappa shape index (κ2) is 7.50. The molecule has 2 fully saturated rings. The molecule has 0 saturated carbocycles. The van der Waals surface area contributed by atoms with E-state index in [1.54, 1.807) is 18.9 Å². The highest BCUT2D eigenvalue weighted by Gasteiger charge is 2.70. The number of imide groups is 1. The number of benzene rings is 1. The Morgan fingerprint density at radius 3 is 2.75 bits per heavy atom. The highest BCUT2D eigenvalue weighted by molar-refractivity contribution is 7.98. The van der Waals surface area contributed by atoms with Crippen LogP contribution in [0.25, 0.3) is 0 Å². The highest BCUT2D eigenvalue weighted by Crippen LogP contribution is 2.53. The maximum atomic E-state index is 13.4. The molecule has 3 heterocycles. The summed E-state index contributed by atoms with van der Waals surface area (Å²) in [4.78, 5) is 41.1. The molecule has 150 valence electrons. The van der Waals surface area contributed by atoms with Crippen molar-refractivity contribution in [1.29, 1.82) is 0 Å². The van der Waals surface area contributed by atoms with Crippen molar-refractivity contribution in [3.8, 4) is 0 Å². The van der Waals surface area contributed by atoms with E-state index in [1.807, 2.05) is 30.5 Å². The van der Waals surface area contributed by atoms with Crippen LogP contribution in [0.2, 0.25) is 0 Å². The summed E-state index contributed by atoms with van der Waals surface area (Å²) in [5, 5.41) is 6.35. The third-order valence-electron chi connectivity index (χ3n) is 6.08. The number of rotatable bonds is 7. The zero-order valence-corrected chi connectivity index (χ0v) is 16.9. The van der Waals surface area contributed by atoms with Gasteiger partial charge in [-0.2, -0.15) is 11.8 Å². The summed E-state index contributed by atoms with van der Waals surface area (Å²) < 4.78 is 5.07. The van der Waals surface area contributed by atoms with Crippen LogP contribution in [0.15, 0.2) is 24.3 Å². The summed E-state index contributed by atoms with van der Waals surface area (Å²) in [7, 11) is 1.60. The van der Waals surface area contributed by atoms with E-state index in [0.717, 1.165) is 17.7 Å². The van der Waals surface area contributed by atoms with Gasteiger partial charge in [-0.05, 0) is 30.9 Å². The van der Waals surface area contributed by atoms with E-state index >= 15 is 0 Å². The van der Waals surface area contributed by atoms with Gasteiger partial charge in [-0.15, -0.1) is 0 Å². The van der Waals surface area contributed by atoms with Crippen molar-refractivity contribution in [1.82, 2.24) is 10.2 Å². The maximum absolute atomic E-state index is 13.4. The van der Waals surface area contributed by atoms with Crippen LogP contribution in [0.5, 0.6) is 0 Å².